The van der Waals surface area contributed by atoms with Crippen LogP contribution in [0.4, 0.5) is 0 Å². The van der Waals surface area contributed by atoms with E-state index in [0.29, 0.717) is 32.8 Å². The molecule has 0 saturated carbocycles. The fourth-order valence-corrected chi connectivity index (χ4v) is 2.11. The lowest BCUT2D eigenvalue weighted by Crippen LogP contribution is -2.41. The molecule has 7 nitrogen and oxygen atoms in total. The van der Waals surface area contributed by atoms with E-state index in [2.05, 4.69) is 0 Å². The molecule has 0 aliphatic carbocycles. The summed E-state index contributed by atoms with van der Waals surface area (Å²) >= 11 is 0. The first-order valence-electron chi connectivity index (χ1n) is 9.06. The van der Waals surface area contributed by atoms with Crippen LogP contribution in [0.1, 0.15) is 47.5 Å². The quantitative estimate of drug-likeness (QED) is 0.408. The van der Waals surface area contributed by atoms with Crippen molar-refractivity contribution in [3.05, 3.63) is 0 Å². The molecule has 0 saturated heterocycles. The van der Waals surface area contributed by atoms with Crippen molar-refractivity contribution in [3.8, 4) is 0 Å². The summed E-state index contributed by atoms with van der Waals surface area (Å²) in [7, 11) is 3.26. The SMILES string of the molecule is COCCOCC(=O)N(CCC(C)(C)OCCC(C)(C)OC)CC(C)=O. The van der Waals surface area contributed by atoms with Gasteiger partial charge in [0.2, 0.25) is 5.91 Å². The maximum atomic E-state index is 12.3. The van der Waals surface area contributed by atoms with E-state index in [1.54, 1.807) is 14.2 Å². The number of rotatable bonds is 15. The third-order valence-corrected chi connectivity index (χ3v) is 4.16. The second-order valence-corrected chi connectivity index (χ2v) is 7.63. The Hall–Kier alpha value is -1.02. The number of ketones is 1. The molecular weight excluding hydrogens is 338 g/mol. The number of carbonyl (C=O) groups excluding carboxylic acids is 2. The van der Waals surface area contributed by atoms with E-state index in [4.69, 9.17) is 18.9 Å². The molecule has 0 fully saturated rings. The molecule has 0 radical (unpaired) electrons. The summed E-state index contributed by atoms with van der Waals surface area (Å²) in [5.41, 5.74) is -0.637. The molecule has 0 heterocycles. The van der Waals surface area contributed by atoms with E-state index in [1.807, 2.05) is 27.7 Å². The third kappa shape index (κ3) is 12.4. The molecule has 0 atom stereocenters. The summed E-state index contributed by atoms with van der Waals surface area (Å²) in [5.74, 6) is -0.261. The Morgan fingerprint density at radius 3 is 2.12 bits per heavy atom. The van der Waals surface area contributed by atoms with Gasteiger partial charge in [-0.05, 0) is 47.5 Å². The molecule has 0 aliphatic heterocycles. The second kappa shape index (κ2) is 12.4. The molecule has 0 aromatic rings. The Labute approximate surface area is 158 Å². The average Bonchev–Trinajstić information content (AvgIpc) is 2.54. The van der Waals surface area contributed by atoms with Gasteiger partial charge in [0, 0.05) is 20.8 Å². The second-order valence-electron chi connectivity index (χ2n) is 7.63. The molecule has 0 bridgehead atoms. The van der Waals surface area contributed by atoms with Gasteiger partial charge in [0.25, 0.3) is 0 Å². The van der Waals surface area contributed by atoms with Crippen molar-refractivity contribution in [2.75, 3.05) is 53.7 Å². The van der Waals surface area contributed by atoms with Gasteiger partial charge < -0.3 is 23.8 Å². The first-order chi connectivity index (χ1) is 12.0. The largest absolute Gasteiger partial charge is 0.382 e. The summed E-state index contributed by atoms with van der Waals surface area (Å²) < 4.78 is 21.5. The highest BCUT2D eigenvalue weighted by atomic mass is 16.5. The lowest BCUT2D eigenvalue weighted by atomic mass is 10.0. The van der Waals surface area contributed by atoms with Gasteiger partial charge in [-0.3, -0.25) is 9.59 Å². The molecule has 0 spiro atoms. The number of ether oxygens (including phenoxy) is 4. The number of hydrogen-bond acceptors (Lipinski definition) is 6. The van der Waals surface area contributed by atoms with Crippen LogP contribution >= 0.6 is 0 Å². The maximum Gasteiger partial charge on any atom is 0.248 e. The van der Waals surface area contributed by atoms with E-state index < -0.39 is 5.60 Å². The fraction of sp³-hybridized carbons (Fsp3) is 0.895. The number of carbonyl (C=O) groups is 2. The molecule has 0 aromatic heterocycles. The lowest BCUT2D eigenvalue weighted by molar-refractivity contribution is -0.140. The molecule has 0 rings (SSSR count). The van der Waals surface area contributed by atoms with Crippen LogP contribution in [0.2, 0.25) is 0 Å². The van der Waals surface area contributed by atoms with Crippen molar-refractivity contribution >= 4 is 11.7 Å². The van der Waals surface area contributed by atoms with Gasteiger partial charge in [-0.15, -0.1) is 0 Å². The zero-order valence-corrected chi connectivity index (χ0v) is 17.6. The number of hydrogen-bond donors (Lipinski definition) is 0. The molecule has 0 aliphatic rings. The number of methoxy groups -OCH3 is 2. The first kappa shape index (κ1) is 25.0. The summed E-state index contributed by atoms with van der Waals surface area (Å²) in [6, 6.07) is 0. The maximum absolute atomic E-state index is 12.3. The van der Waals surface area contributed by atoms with Crippen molar-refractivity contribution in [2.45, 2.75) is 58.7 Å². The summed E-state index contributed by atoms with van der Waals surface area (Å²) in [5, 5.41) is 0. The molecule has 26 heavy (non-hydrogen) atoms. The van der Waals surface area contributed by atoms with E-state index >= 15 is 0 Å². The van der Waals surface area contributed by atoms with Crippen molar-refractivity contribution in [1.82, 2.24) is 4.90 Å². The Morgan fingerprint density at radius 1 is 0.923 bits per heavy atom. The van der Waals surface area contributed by atoms with E-state index in [0.717, 1.165) is 6.42 Å². The van der Waals surface area contributed by atoms with Gasteiger partial charge in [0.05, 0.1) is 37.6 Å². The molecular formula is C19H37NO6. The number of Topliss-reactive ketones (excluding diaryl/α,β-unsaturated/α-hetero) is 1. The number of nitrogens with zero attached hydrogens (tertiary/aromatic N) is 1. The molecule has 154 valence electrons. The van der Waals surface area contributed by atoms with Crippen LogP contribution < -0.4 is 0 Å². The summed E-state index contributed by atoms with van der Waals surface area (Å²) in [6.45, 7) is 11.3. The Bertz CT molecular complexity index is 422. The first-order valence-corrected chi connectivity index (χ1v) is 9.06. The minimum absolute atomic E-state index is 0.0556. The van der Waals surface area contributed by atoms with E-state index in [9.17, 15) is 9.59 Å². The zero-order valence-electron chi connectivity index (χ0n) is 17.6. The van der Waals surface area contributed by atoms with Gasteiger partial charge in [0.1, 0.15) is 12.4 Å². The standard InChI is InChI=1S/C19H37NO6/c1-16(21)14-20(17(22)15-25-13-12-23-6)10-8-19(4,5)26-11-9-18(2,3)24-7/h8-15H2,1-7H3. The van der Waals surface area contributed by atoms with Crippen molar-refractivity contribution in [2.24, 2.45) is 0 Å². The van der Waals surface area contributed by atoms with Gasteiger partial charge in [-0.2, -0.15) is 0 Å². The molecule has 7 heteroatoms. The van der Waals surface area contributed by atoms with Crippen LogP contribution in [-0.2, 0) is 28.5 Å². The lowest BCUT2D eigenvalue weighted by Gasteiger charge is -2.31. The van der Waals surface area contributed by atoms with Crippen LogP contribution in [0.25, 0.3) is 0 Å². The van der Waals surface area contributed by atoms with Crippen LogP contribution in [0.5, 0.6) is 0 Å². The topological polar surface area (TPSA) is 74.3 Å². The predicted octanol–water partition coefficient (Wildman–Crippen LogP) is 2.07. The van der Waals surface area contributed by atoms with Crippen LogP contribution in [0.15, 0.2) is 0 Å². The van der Waals surface area contributed by atoms with Crippen molar-refractivity contribution in [1.29, 1.82) is 0 Å². The highest BCUT2D eigenvalue weighted by molar-refractivity contribution is 5.85. The Morgan fingerprint density at radius 2 is 1.58 bits per heavy atom. The molecule has 0 N–H and O–H groups in total. The minimum Gasteiger partial charge on any atom is -0.382 e. The summed E-state index contributed by atoms with van der Waals surface area (Å²) in [6.07, 6.45) is 1.40. The van der Waals surface area contributed by atoms with Crippen LogP contribution in [0.3, 0.4) is 0 Å². The summed E-state index contributed by atoms with van der Waals surface area (Å²) in [4.78, 5) is 25.3. The van der Waals surface area contributed by atoms with Crippen LogP contribution in [-0.4, -0.2) is 81.5 Å². The molecule has 0 unspecified atom stereocenters. The van der Waals surface area contributed by atoms with Gasteiger partial charge in [-0.1, -0.05) is 0 Å². The minimum atomic E-state index is -0.407. The van der Waals surface area contributed by atoms with Gasteiger partial charge in [-0.25, -0.2) is 0 Å². The Balaban J connectivity index is 4.47. The smallest absolute Gasteiger partial charge is 0.248 e. The Kier molecular flexibility index (Phi) is 11.9. The normalized spacial score (nSPS) is 12.3. The van der Waals surface area contributed by atoms with Crippen LogP contribution in [0, 0.1) is 0 Å². The zero-order chi connectivity index (χ0) is 20.2. The number of amides is 1. The highest BCUT2D eigenvalue weighted by Gasteiger charge is 2.24. The van der Waals surface area contributed by atoms with Gasteiger partial charge >= 0.3 is 0 Å². The molecule has 1 amide bonds. The predicted molar refractivity (Wildman–Crippen MR) is 100 cm³/mol. The van der Waals surface area contributed by atoms with Gasteiger partial charge in [0.15, 0.2) is 0 Å². The fourth-order valence-electron chi connectivity index (χ4n) is 2.11. The van der Waals surface area contributed by atoms with Crippen molar-refractivity contribution in [3.63, 3.8) is 0 Å². The van der Waals surface area contributed by atoms with E-state index in [-0.39, 0.29) is 30.4 Å². The highest BCUT2D eigenvalue weighted by Crippen LogP contribution is 2.19. The van der Waals surface area contributed by atoms with E-state index in [1.165, 1.54) is 11.8 Å². The van der Waals surface area contributed by atoms with Crippen molar-refractivity contribution < 1.29 is 28.5 Å². The third-order valence-electron chi connectivity index (χ3n) is 4.16. The monoisotopic (exact) mass is 375 g/mol. The average molecular weight is 376 g/mol. The molecule has 0 aromatic carbocycles.